The van der Waals surface area contributed by atoms with Crippen LogP contribution >= 0.6 is 0 Å². The SMILES string of the molecule is C[Si](C)(C)CCOC(=O)NC1CN(C(=O)O)CC1C(=O)O. The lowest BCUT2D eigenvalue weighted by Gasteiger charge is -2.18. The Morgan fingerprint density at radius 1 is 1.24 bits per heavy atom. The van der Waals surface area contributed by atoms with Crippen molar-refractivity contribution in [2.24, 2.45) is 5.92 Å². The van der Waals surface area contributed by atoms with Crippen LogP contribution in [0, 0.1) is 5.92 Å². The van der Waals surface area contributed by atoms with Gasteiger partial charge in [-0.3, -0.25) is 4.79 Å². The number of amides is 2. The van der Waals surface area contributed by atoms with Crippen molar-refractivity contribution in [3.8, 4) is 0 Å². The zero-order valence-electron chi connectivity index (χ0n) is 12.5. The Kier molecular flexibility index (Phi) is 5.59. The van der Waals surface area contributed by atoms with Gasteiger partial charge in [-0.1, -0.05) is 19.6 Å². The van der Waals surface area contributed by atoms with Gasteiger partial charge in [0.2, 0.25) is 0 Å². The second kappa shape index (κ2) is 6.79. The molecule has 0 aromatic heterocycles. The highest BCUT2D eigenvalue weighted by molar-refractivity contribution is 6.76. The van der Waals surface area contributed by atoms with Crippen molar-refractivity contribution in [3.63, 3.8) is 0 Å². The second-order valence-corrected chi connectivity index (χ2v) is 12.0. The fourth-order valence-corrected chi connectivity index (χ4v) is 2.71. The van der Waals surface area contributed by atoms with Gasteiger partial charge in [0.25, 0.3) is 0 Å². The van der Waals surface area contributed by atoms with Gasteiger partial charge in [-0.05, 0) is 6.04 Å². The molecular formula is C12H22N2O6Si. The van der Waals surface area contributed by atoms with Crippen LogP contribution in [0.1, 0.15) is 0 Å². The Balaban J connectivity index is 2.49. The van der Waals surface area contributed by atoms with Crippen LogP contribution in [0.25, 0.3) is 0 Å². The molecule has 1 rings (SSSR count). The summed E-state index contributed by atoms with van der Waals surface area (Å²) < 4.78 is 5.03. The summed E-state index contributed by atoms with van der Waals surface area (Å²) in [5.74, 6) is -2.09. The fourth-order valence-electron chi connectivity index (χ4n) is 2.00. The molecule has 0 spiro atoms. The van der Waals surface area contributed by atoms with E-state index in [0.717, 1.165) is 10.9 Å². The lowest BCUT2D eigenvalue weighted by atomic mass is 10.0. The molecule has 0 aromatic carbocycles. The van der Waals surface area contributed by atoms with Crippen LogP contribution in [0.4, 0.5) is 9.59 Å². The molecule has 0 radical (unpaired) electrons. The number of hydrogen-bond donors (Lipinski definition) is 3. The summed E-state index contributed by atoms with van der Waals surface area (Å²) in [4.78, 5) is 34.6. The van der Waals surface area contributed by atoms with Crippen molar-refractivity contribution in [1.82, 2.24) is 10.2 Å². The van der Waals surface area contributed by atoms with Crippen LogP contribution in [0.2, 0.25) is 25.7 Å². The molecule has 1 heterocycles. The number of nitrogens with zero attached hydrogens (tertiary/aromatic N) is 1. The molecule has 0 aliphatic carbocycles. The maximum absolute atomic E-state index is 11.7. The van der Waals surface area contributed by atoms with Gasteiger partial charge in [0.15, 0.2) is 0 Å². The molecule has 2 amide bonds. The first-order valence-corrected chi connectivity index (χ1v) is 10.4. The summed E-state index contributed by atoms with van der Waals surface area (Å²) in [6.45, 7) is 6.55. The van der Waals surface area contributed by atoms with E-state index in [-0.39, 0.29) is 19.7 Å². The Hall–Kier alpha value is -1.77. The van der Waals surface area contributed by atoms with Crippen LogP contribution in [-0.2, 0) is 9.53 Å². The van der Waals surface area contributed by atoms with Gasteiger partial charge in [0.1, 0.15) is 0 Å². The highest BCUT2D eigenvalue weighted by Gasteiger charge is 2.40. The van der Waals surface area contributed by atoms with Crippen LogP contribution in [0.15, 0.2) is 0 Å². The monoisotopic (exact) mass is 318 g/mol. The minimum Gasteiger partial charge on any atom is -0.481 e. The highest BCUT2D eigenvalue weighted by Crippen LogP contribution is 2.18. The maximum atomic E-state index is 11.7. The predicted octanol–water partition coefficient (Wildman–Crippen LogP) is 1.11. The number of nitrogens with one attached hydrogen (secondary N) is 1. The Labute approximate surface area is 124 Å². The molecule has 8 nitrogen and oxygen atoms in total. The van der Waals surface area contributed by atoms with E-state index in [0.29, 0.717) is 0 Å². The molecule has 21 heavy (non-hydrogen) atoms. The van der Waals surface area contributed by atoms with Crippen molar-refractivity contribution < 1.29 is 29.3 Å². The van der Waals surface area contributed by atoms with Crippen molar-refractivity contribution in [1.29, 1.82) is 0 Å². The number of hydrogen-bond acceptors (Lipinski definition) is 4. The molecule has 1 saturated heterocycles. The number of alkyl carbamates (subject to hydrolysis) is 1. The van der Waals surface area contributed by atoms with E-state index < -0.39 is 38.2 Å². The van der Waals surface area contributed by atoms with Crippen molar-refractivity contribution in [2.75, 3.05) is 19.7 Å². The largest absolute Gasteiger partial charge is 0.481 e. The topological polar surface area (TPSA) is 116 Å². The molecule has 120 valence electrons. The average Bonchev–Trinajstić information content (AvgIpc) is 2.71. The normalized spacial score (nSPS) is 22.0. The second-order valence-electron chi connectivity index (χ2n) is 6.33. The summed E-state index contributed by atoms with van der Waals surface area (Å²) in [5.41, 5.74) is 0. The van der Waals surface area contributed by atoms with Gasteiger partial charge in [0, 0.05) is 21.2 Å². The number of carbonyl (C=O) groups excluding carboxylic acids is 1. The summed E-state index contributed by atoms with van der Waals surface area (Å²) >= 11 is 0. The molecule has 2 unspecified atom stereocenters. The van der Waals surface area contributed by atoms with Gasteiger partial charge in [-0.15, -0.1) is 0 Å². The summed E-state index contributed by atoms with van der Waals surface area (Å²) in [5, 5.41) is 20.4. The molecule has 9 heteroatoms. The lowest BCUT2D eigenvalue weighted by Crippen LogP contribution is -2.43. The summed E-state index contributed by atoms with van der Waals surface area (Å²) in [6.07, 6.45) is -1.89. The van der Waals surface area contributed by atoms with Gasteiger partial charge in [-0.25, -0.2) is 9.59 Å². The molecule has 0 bridgehead atoms. The average molecular weight is 318 g/mol. The third kappa shape index (κ3) is 5.62. The number of aliphatic carboxylic acids is 1. The molecule has 1 fully saturated rings. The molecule has 3 N–H and O–H groups in total. The highest BCUT2D eigenvalue weighted by atomic mass is 28.3. The molecule has 0 aromatic rings. The quantitative estimate of drug-likeness (QED) is 0.654. The lowest BCUT2D eigenvalue weighted by molar-refractivity contribution is -0.141. The number of rotatable bonds is 5. The zero-order chi connectivity index (χ0) is 16.2. The number of carboxylic acids is 1. The predicted molar refractivity (Wildman–Crippen MR) is 77.1 cm³/mol. The van der Waals surface area contributed by atoms with Crippen LogP contribution in [0.3, 0.4) is 0 Å². The van der Waals surface area contributed by atoms with Gasteiger partial charge in [-0.2, -0.15) is 0 Å². The van der Waals surface area contributed by atoms with E-state index in [4.69, 9.17) is 14.9 Å². The molecular weight excluding hydrogens is 296 g/mol. The van der Waals surface area contributed by atoms with Crippen molar-refractivity contribution in [3.05, 3.63) is 0 Å². The first-order chi connectivity index (χ1) is 9.60. The number of ether oxygens (including phenoxy) is 1. The van der Waals surface area contributed by atoms with E-state index in [1.54, 1.807) is 0 Å². The first kappa shape index (κ1) is 17.3. The van der Waals surface area contributed by atoms with Gasteiger partial charge < -0.3 is 25.2 Å². The van der Waals surface area contributed by atoms with E-state index in [2.05, 4.69) is 25.0 Å². The van der Waals surface area contributed by atoms with E-state index >= 15 is 0 Å². The summed E-state index contributed by atoms with van der Waals surface area (Å²) in [7, 11) is -1.31. The van der Waals surface area contributed by atoms with E-state index in [1.807, 2.05) is 0 Å². The third-order valence-electron chi connectivity index (χ3n) is 3.30. The third-order valence-corrected chi connectivity index (χ3v) is 5.00. The van der Waals surface area contributed by atoms with Crippen LogP contribution < -0.4 is 5.32 Å². The van der Waals surface area contributed by atoms with E-state index in [9.17, 15) is 14.4 Å². The maximum Gasteiger partial charge on any atom is 0.407 e. The number of likely N-dealkylation sites (tertiary alicyclic amines) is 1. The molecule has 2 atom stereocenters. The van der Waals surface area contributed by atoms with Crippen molar-refractivity contribution >= 4 is 26.2 Å². The van der Waals surface area contributed by atoms with Crippen LogP contribution in [-0.4, -0.2) is 67.1 Å². The van der Waals surface area contributed by atoms with Gasteiger partial charge in [0.05, 0.1) is 18.6 Å². The Morgan fingerprint density at radius 2 is 1.86 bits per heavy atom. The molecule has 1 aliphatic rings. The summed E-state index contributed by atoms with van der Waals surface area (Å²) in [6, 6.07) is 0.0484. The Morgan fingerprint density at radius 3 is 2.33 bits per heavy atom. The Bertz CT molecular complexity index is 422. The standard InChI is InChI=1S/C12H22N2O6Si/c1-21(2,3)5-4-20-11(17)13-9-7-14(12(18)19)6-8(9)10(15)16/h8-9H,4-7H2,1-3H3,(H,13,17)(H,15,16)(H,18,19). The van der Waals surface area contributed by atoms with Crippen molar-refractivity contribution in [2.45, 2.75) is 31.7 Å². The smallest absolute Gasteiger partial charge is 0.407 e. The van der Waals surface area contributed by atoms with Gasteiger partial charge >= 0.3 is 18.2 Å². The zero-order valence-corrected chi connectivity index (χ0v) is 13.5. The minimum absolute atomic E-state index is 0.0462. The fraction of sp³-hybridized carbons (Fsp3) is 0.750. The number of carbonyl (C=O) groups is 3. The van der Waals surface area contributed by atoms with Crippen LogP contribution in [0.5, 0.6) is 0 Å². The molecule has 1 aliphatic heterocycles. The first-order valence-electron chi connectivity index (χ1n) is 6.74. The molecule has 0 saturated carbocycles. The number of carboxylic acid groups (broad SMARTS) is 2. The van der Waals surface area contributed by atoms with E-state index in [1.165, 1.54) is 0 Å². The minimum atomic E-state index is -1.31.